The lowest BCUT2D eigenvalue weighted by Crippen LogP contribution is -2.44. The molecule has 1 heterocycles. The summed E-state index contributed by atoms with van der Waals surface area (Å²) in [7, 11) is 1.47. The summed E-state index contributed by atoms with van der Waals surface area (Å²) < 4.78 is 10.9. The molecule has 0 aliphatic carbocycles. The topological polar surface area (TPSA) is 97.8 Å². The lowest BCUT2D eigenvalue weighted by Gasteiger charge is -2.18. The first kappa shape index (κ1) is 18.7. The van der Waals surface area contributed by atoms with Crippen LogP contribution in [-0.4, -0.2) is 35.1 Å². The van der Waals surface area contributed by atoms with E-state index in [0.29, 0.717) is 23.7 Å². The molecule has 0 spiro atoms. The molecule has 0 saturated carbocycles. The Labute approximate surface area is 149 Å². The summed E-state index contributed by atoms with van der Waals surface area (Å²) in [6.07, 6.45) is 0. The number of carboxylic acid groups (broad SMARTS) is 1. The molecule has 2 rings (SSSR count). The van der Waals surface area contributed by atoms with Crippen molar-refractivity contribution in [3.05, 3.63) is 40.3 Å². The smallest absolute Gasteiger partial charge is 0.326 e. The fourth-order valence-electron chi connectivity index (χ4n) is 2.13. The molecule has 0 bridgehead atoms. The van der Waals surface area contributed by atoms with Gasteiger partial charge in [0.05, 0.1) is 18.3 Å². The number of methoxy groups -OCH3 is 1. The summed E-state index contributed by atoms with van der Waals surface area (Å²) in [6.45, 7) is 3.75. The number of hydrogen-bond donors (Lipinski definition) is 2. The van der Waals surface area contributed by atoms with E-state index in [2.05, 4.69) is 10.3 Å². The minimum absolute atomic E-state index is 0.232. The Morgan fingerprint density at radius 3 is 2.64 bits per heavy atom. The monoisotopic (exact) mass is 364 g/mol. The molecule has 7 nitrogen and oxygen atoms in total. The van der Waals surface area contributed by atoms with E-state index in [-0.39, 0.29) is 5.92 Å². The maximum Gasteiger partial charge on any atom is 0.326 e. The van der Waals surface area contributed by atoms with Crippen molar-refractivity contribution in [1.29, 1.82) is 0 Å². The van der Waals surface area contributed by atoms with Gasteiger partial charge in [0.15, 0.2) is 11.5 Å². The van der Waals surface area contributed by atoms with Crippen LogP contribution in [0.15, 0.2) is 29.1 Å². The van der Waals surface area contributed by atoms with Crippen LogP contribution in [0, 0.1) is 5.92 Å². The normalized spacial score (nSPS) is 11.8. The van der Waals surface area contributed by atoms with Crippen molar-refractivity contribution in [1.82, 2.24) is 10.3 Å². The van der Waals surface area contributed by atoms with E-state index in [9.17, 15) is 14.7 Å². The number of carboxylic acids is 1. The van der Waals surface area contributed by atoms with E-state index in [1.54, 1.807) is 31.5 Å². The zero-order valence-electron chi connectivity index (χ0n) is 14.2. The zero-order chi connectivity index (χ0) is 18.4. The number of amides is 1. The Balaban J connectivity index is 2.11. The van der Waals surface area contributed by atoms with Crippen LogP contribution in [0.5, 0.6) is 11.5 Å². The highest BCUT2D eigenvalue weighted by Gasteiger charge is 2.24. The summed E-state index contributed by atoms with van der Waals surface area (Å²) in [6, 6.07) is 3.74. The Morgan fingerprint density at radius 1 is 1.32 bits per heavy atom. The van der Waals surface area contributed by atoms with Crippen molar-refractivity contribution in [3.63, 3.8) is 0 Å². The van der Waals surface area contributed by atoms with Gasteiger partial charge in [0.2, 0.25) is 0 Å². The number of aromatic nitrogens is 1. The number of aliphatic carboxylic acids is 1. The van der Waals surface area contributed by atoms with Gasteiger partial charge in [0.25, 0.3) is 5.91 Å². The third-order valence-corrected chi connectivity index (χ3v) is 4.14. The van der Waals surface area contributed by atoms with Crippen molar-refractivity contribution in [2.75, 3.05) is 7.11 Å². The van der Waals surface area contributed by atoms with E-state index in [4.69, 9.17) is 9.47 Å². The third-order valence-electron chi connectivity index (χ3n) is 3.50. The molecule has 2 N–H and O–H groups in total. The summed E-state index contributed by atoms with van der Waals surface area (Å²) in [5.41, 5.74) is 2.82. The fraction of sp³-hybridized carbons (Fsp3) is 0.353. The molecule has 25 heavy (non-hydrogen) atoms. The predicted molar refractivity (Wildman–Crippen MR) is 93.2 cm³/mol. The van der Waals surface area contributed by atoms with Crippen LogP contribution in [0.3, 0.4) is 0 Å². The minimum Gasteiger partial charge on any atom is -0.493 e. The molecule has 0 saturated heterocycles. The number of nitrogens with one attached hydrogen (secondary N) is 1. The van der Waals surface area contributed by atoms with Crippen LogP contribution in [0.2, 0.25) is 0 Å². The predicted octanol–water partition coefficient (Wildman–Crippen LogP) is 2.57. The number of rotatable bonds is 8. The van der Waals surface area contributed by atoms with Crippen molar-refractivity contribution in [2.24, 2.45) is 5.92 Å². The SMILES string of the molecule is COc1cc(C(=O)N[C@H](C(=O)O)C(C)C)ccc1OCc1cscn1. The molecule has 8 heteroatoms. The minimum atomic E-state index is -1.07. The first-order valence-electron chi connectivity index (χ1n) is 7.64. The highest BCUT2D eigenvalue weighted by Crippen LogP contribution is 2.29. The van der Waals surface area contributed by atoms with Crippen molar-refractivity contribution in [2.45, 2.75) is 26.5 Å². The molecular formula is C17H20N2O5S. The standard InChI is InChI=1S/C17H20N2O5S/c1-10(2)15(17(21)22)19-16(20)11-4-5-13(14(6-11)23-3)24-7-12-8-25-9-18-12/h4-6,8-10,15H,7H2,1-3H3,(H,19,20)(H,21,22)/t15-/m0/s1. The molecule has 2 aromatic rings. The zero-order valence-corrected chi connectivity index (χ0v) is 15.0. The molecule has 134 valence electrons. The number of ether oxygens (including phenoxy) is 2. The van der Waals surface area contributed by atoms with Crippen molar-refractivity contribution < 1.29 is 24.2 Å². The maximum absolute atomic E-state index is 12.3. The van der Waals surface area contributed by atoms with Crippen LogP contribution in [0.4, 0.5) is 0 Å². The molecule has 0 radical (unpaired) electrons. The lowest BCUT2D eigenvalue weighted by molar-refractivity contribution is -0.140. The van der Waals surface area contributed by atoms with Gasteiger partial charge in [0, 0.05) is 10.9 Å². The van der Waals surface area contributed by atoms with Gasteiger partial charge in [-0.3, -0.25) is 4.79 Å². The van der Waals surface area contributed by atoms with Gasteiger partial charge in [0.1, 0.15) is 12.6 Å². The van der Waals surface area contributed by atoms with Crippen molar-refractivity contribution >= 4 is 23.2 Å². The Bertz CT molecular complexity index is 731. The Morgan fingerprint density at radius 2 is 2.08 bits per heavy atom. The molecule has 1 aromatic heterocycles. The second kappa shape index (κ2) is 8.48. The van der Waals surface area contributed by atoms with Crippen LogP contribution in [-0.2, 0) is 11.4 Å². The first-order chi connectivity index (χ1) is 11.9. The van der Waals surface area contributed by atoms with Crippen molar-refractivity contribution in [3.8, 4) is 11.5 Å². The fourth-order valence-corrected chi connectivity index (χ4v) is 2.67. The Kier molecular flexibility index (Phi) is 6.35. The number of benzene rings is 1. The molecule has 1 aromatic carbocycles. The lowest BCUT2D eigenvalue weighted by atomic mass is 10.0. The van der Waals surface area contributed by atoms with Gasteiger partial charge in [-0.1, -0.05) is 13.8 Å². The van der Waals surface area contributed by atoms with Crippen LogP contribution in [0.25, 0.3) is 0 Å². The number of carbonyl (C=O) groups is 2. The summed E-state index contributed by atoms with van der Waals surface area (Å²) in [5, 5.41) is 13.6. The second-order valence-electron chi connectivity index (χ2n) is 5.67. The van der Waals surface area contributed by atoms with Gasteiger partial charge in [-0.05, 0) is 24.1 Å². The number of carbonyl (C=O) groups excluding carboxylic acids is 1. The summed E-state index contributed by atoms with van der Waals surface area (Å²) >= 11 is 1.48. The van der Waals surface area contributed by atoms with E-state index in [1.807, 2.05) is 5.38 Å². The van der Waals surface area contributed by atoms with Gasteiger partial charge < -0.3 is 19.9 Å². The van der Waals surface area contributed by atoms with Crippen LogP contribution < -0.4 is 14.8 Å². The highest BCUT2D eigenvalue weighted by atomic mass is 32.1. The molecule has 0 unspecified atom stereocenters. The van der Waals surface area contributed by atoms with E-state index >= 15 is 0 Å². The number of hydrogen-bond acceptors (Lipinski definition) is 6. The van der Waals surface area contributed by atoms with E-state index in [0.717, 1.165) is 5.69 Å². The summed E-state index contributed by atoms with van der Waals surface area (Å²) in [4.78, 5) is 27.7. The second-order valence-corrected chi connectivity index (χ2v) is 6.39. The molecule has 1 amide bonds. The van der Waals surface area contributed by atoms with Gasteiger partial charge in [-0.15, -0.1) is 11.3 Å². The largest absolute Gasteiger partial charge is 0.493 e. The quantitative estimate of drug-likeness (QED) is 0.747. The van der Waals surface area contributed by atoms with Crippen LogP contribution >= 0.6 is 11.3 Å². The van der Waals surface area contributed by atoms with E-state index in [1.165, 1.54) is 24.5 Å². The third kappa shape index (κ3) is 4.93. The number of nitrogens with zero attached hydrogens (tertiary/aromatic N) is 1. The van der Waals surface area contributed by atoms with Gasteiger partial charge in [-0.25, -0.2) is 9.78 Å². The molecular weight excluding hydrogens is 344 g/mol. The average molecular weight is 364 g/mol. The maximum atomic E-state index is 12.3. The average Bonchev–Trinajstić information content (AvgIpc) is 3.10. The van der Waals surface area contributed by atoms with E-state index < -0.39 is 17.9 Å². The van der Waals surface area contributed by atoms with Crippen LogP contribution in [0.1, 0.15) is 29.9 Å². The molecule has 0 aliphatic rings. The molecule has 0 fully saturated rings. The van der Waals surface area contributed by atoms with Gasteiger partial charge >= 0.3 is 5.97 Å². The van der Waals surface area contributed by atoms with Gasteiger partial charge in [-0.2, -0.15) is 0 Å². The highest BCUT2D eigenvalue weighted by molar-refractivity contribution is 7.07. The Hall–Kier alpha value is -2.61. The first-order valence-corrected chi connectivity index (χ1v) is 8.58. The molecule has 0 aliphatic heterocycles. The molecule has 1 atom stereocenters. The summed E-state index contributed by atoms with van der Waals surface area (Å²) in [5.74, 6) is -0.918. The number of thiazole rings is 1.